The summed E-state index contributed by atoms with van der Waals surface area (Å²) >= 11 is 8.50. The van der Waals surface area contributed by atoms with Crippen LogP contribution < -0.4 is 0 Å². The van der Waals surface area contributed by atoms with Gasteiger partial charge in [-0.05, 0) is 46.3 Å². The Hall–Kier alpha value is -1.30. The van der Waals surface area contributed by atoms with E-state index >= 15 is 0 Å². The summed E-state index contributed by atoms with van der Waals surface area (Å²) in [5.74, 6) is -0.234. The molecule has 0 aliphatic rings. The Bertz CT molecular complexity index is 825. The predicted molar refractivity (Wildman–Crippen MR) is 98.3 cm³/mol. The second-order valence-corrected chi connectivity index (χ2v) is 7.80. The number of aromatic nitrogens is 1. The standard InChI is InChI=1S/C17H10Br2FNS/c18-13-8-5-12(6-9-13)16-17(19)22-15(21-16)10-7-11-3-1-2-4-14(11)20/h1-10H/b10-7+. The normalized spacial score (nSPS) is 11.2. The Balaban J connectivity index is 1.89. The topological polar surface area (TPSA) is 12.9 Å². The molecule has 0 N–H and O–H groups in total. The lowest BCUT2D eigenvalue weighted by Crippen LogP contribution is -1.80. The van der Waals surface area contributed by atoms with Gasteiger partial charge in [-0.2, -0.15) is 0 Å². The molecule has 1 heterocycles. The van der Waals surface area contributed by atoms with E-state index in [-0.39, 0.29) is 5.82 Å². The Kier molecular flexibility index (Phi) is 4.86. The van der Waals surface area contributed by atoms with Crippen molar-refractivity contribution in [3.63, 3.8) is 0 Å². The van der Waals surface area contributed by atoms with Crippen molar-refractivity contribution in [3.05, 3.63) is 73.2 Å². The maximum absolute atomic E-state index is 13.6. The minimum Gasteiger partial charge on any atom is -0.235 e. The Morgan fingerprint density at radius 2 is 1.68 bits per heavy atom. The van der Waals surface area contributed by atoms with Crippen LogP contribution in [0.2, 0.25) is 0 Å². The van der Waals surface area contributed by atoms with Crippen molar-refractivity contribution in [3.8, 4) is 11.3 Å². The highest BCUT2D eigenvalue weighted by atomic mass is 79.9. The van der Waals surface area contributed by atoms with Crippen molar-refractivity contribution in [2.75, 3.05) is 0 Å². The van der Waals surface area contributed by atoms with Gasteiger partial charge in [0.05, 0.1) is 9.48 Å². The van der Waals surface area contributed by atoms with E-state index in [4.69, 9.17) is 0 Å². The molecule has 0 fully saturated rings. The molecule has 0 amide bonds. The van der Waals surface area contributed by atoms with E-state index in [0.29, 0.717) is 5.56 Å². The molecule has 0 spiro atoms. The molecule has 0 saturated heterocycles. The second-order valence-electron chi connectivity index (χ2n) is 4.54. The number of hydrogen-bond donors (Lipinski definition) is 0. The summed E-state index contributed by atoms with van der Waals surface area (Å²) in [6.07, 6.45) is 3.57. The van der Waals surface area contributed by atoms with Crippen molar-refractivity contribution in [2.45, 2.75) is 0 Å². The van der Waals surface area contributed by atoms with Gasteiger partial charge in [-0.25, -0.2) is 9.37 Å². The highest BCUT2D eigenvalue weighted by molar-refractivity contribution is 9.11. The lowest BCUT2D eigenvalue weighted by atomic mass is 10.2. The Labute approximate surface area is 148 Å². The van der Waals surface area contributed by atoms with E-state index in [2.05, 4.69) is 36.8 Å². The van der Waals surface area contributed by atoms with Crippen LogP contribution in [-0.2, 0) is 0 Å². The summed E-state index contributed by atoms with van der Waals surface area (Å²) in [7, 11) is 0. The zero-order valence-corrected chi connectivity index (χ0v) is 15.3. The fourth-order valence-electron chi connectivity index (χ4n) is 1.95. The van der Waals surface area contributed by atoms with E-state index in [1.54, 1.807) is 18.2 Å². The predicted octanol–water partition coefficient (Wildman–Crippen LogP) is 6.64. The Morgan fingerprint density at radius 1 is 0.955 bits per heavy atom. The SMILES string of the molecule is Fc1ccccc1/C=C/c1nc(-c2ccc(Br)cc2)c(Br)s1. The minimum atomic E-state index is -0.234. The molecule has 3 aromatic rings. The van der Waals surface area contributed by atoms with Crippen LogP contribution in [0.4, 0.5) is 4.39 Å². The number of rotatable bonds is 3. The van der Waals surface area contributed by atoms with Crippen molar-refractivity contribution in [1.82, 2.24) is 4.98 Å². The van der Waals surface area contributed by atoms with Gasteiger partial charge in [0.15, 0.2) is 0 Å². The lowest BCUT2D eigenvalue weighted by molar-refractivity contribution is 0.625. The Morgan fingerprint density at radius 3 is 2.41 bits per heavy atom. The molecule has 0 atom stereocenters. The fraction of sp³-hybridized carbons (Fsp3) is 0. The van der Waals surface area contributed by atoms with Crippen LogP contribution in [0.25, 0.3) is 23.4 Å². The number of nitrogens with zero attached hydrogens (tertiary/aromatic N) is 1. The molecule has 0 aliphatic carbocycles. The average molecular weight is 439 g/mol. The number of thiazole rings is 1. The molecule has 0 radical (unpaired) electrons. The van der Waals surface area contributed by atoms with Crippen LogP contribution in [-0.4, -0.2) is 4.98 Å². The van der Waals surface area contributed by atoms with Crippen LogP contribution >= 0.6 is 43.2 Å². The van der Waals surface area contributed by atoms with Gasteiger partial charge < -0.3 is 0 Å². The van der Waals surface area contributed by atoms with Crippen LogP contribution in [0.1, 0.15) is 10.6 Å². The molecule has 22 heavy (non-hydrogen) atoms. The third-order valence-electron chi connectivity index (χ3n) is 3.03. The molecule has 0 saturated carbocycles. The van der Waals surface area contributed by atoms with E-state index in [1.807, 2.05) is 36.4 Å². The molecule has 2 aromatic carbocycles. The van der Waals surface area contributed by atoms with Gasteiger partial charge in [-0.3, -0.25) is 0 Å². The summed E-state index contributed by atoms with van der Waals surface area (Å²) in [6.45, 7) is 0. The second kappa shape index (κ2) is 6.86. The molecular weight excluding hydrogens is 429 g/mol. The van der Waals surface area contributed by atoms with E-state index < -0.39 is 0 Å². The maximum atomic E-state index is 13.6. The first-order valence-electron chi connectivity index (χ1n) is 6.48. The zero-order valence-electron chi connectivity index (χ0n) is 11.3. The number of hydrogen-bond acceptors (Lipinski definition) is 2. The van der Waals surface area contributed by atoms with Gasteiger partial charge in [0, 0.05) is 15.6 Å². The van der Waals surface area contributed by atoms with Crippen molar-refractivity contribution in [1.29, 1.82) is 0 Å². The molecule has 3 rings (SSSR count). The summed E-state index contributed by atoms with van der Waals surface area (Å²) in [5, 5.41) is 0.827. The van der Waals surface area contributed by atoms with Gasteiger partial charge in [0.25, 0.3) is 0 Å². The summed E-state index contributed by atoms with van der Waals surface area (Å²) in [6, 6.07) is 14.7. The zero-order chi connectivity index (χ0) is 15.5. The van der Waals surface area contributed by atoms with Crippen LogP contribution in [0.3, 0.4) is 0 Å². The minimum absolute atomic E-state index is 0.234. The molecule has 0 unspecified atom stereocenters. The smallest absolute Gasteiger partial charge is 0.130 e. The highest BCUT2D eigenvalue weighted by Gasteiger charge is 2.09. The average Bonchev–Trinajstić information content (AvgIpc) is 2.88. The van der Waals surface area contributed by atoms with E-state index in [1.165, 1.54) is 17.4 Å². The fourth-order valence-corrected chi connectivity index (χ4v) is 3.74. The summed E-state index contributed by atoms with van der Waals surface area (Å²) in [4.78, 5) is 4.60. The van der Waals surface area contributed by atoms with E-state index in [0.717, 1.165) is 24.5 Å². The number of benzene rings is 2. The van der Waals surface area contributed by atoms with Gasteiger partial charge in [-0.15, -0.1) is 11.3 Å². The highest BCUT2D eigenvalue weighted by Crippen LogP contribution is 2.34. The van der Waals surface area contributed by atoms with Crippen molar-refractivity contribution < 1.29 is 4.39 Å². The first-order chi connectivity index (χ1) is 10.6. The van der Waals surface area contributed by atoms with Crippen LogP contribution in [0.5, 0.6) is 0 Å². The van der Waals surface area contributed by atoms with E-state index in [9.17, 15) is 4.39 Å². The van der Waals surface area contributed by atoms with Crippen LogP contribution in [0.15, 0.2) is 56.8 Å². The van der Waals surface area contributed by atoms with Gasteiger partial charge >= 0.3 is 0 Å². The summed E-state index contributed by atoms with van der Waals surface area (Å²) < 4.78 is 15.6. The molecule has 110 valence electrons. The largest absolute Gasteiger partial charge is 0.235 e. The monoisotopic (exact) mass is 437 g/mol. The molecule has 0 aliphatic heterocycles. The first-order valence-corrected chi connectivity index (χ1v) is 8.88. The third-order valence-corrected chi connectivity index (χ3v) is 5.23. The quantitative estimate of drug-likeness (QED) is 0.446. The van der Waals surface area contributed by atoms with Crippen LogP contribution in [0, 0.1) is 5.82 Å². The molecular formula is C17H10Br2FNS. The number of halogens is 3. The summed E-state index contributed by atoms with van der Waals surface area (Å²) in [5.41, 5.74) is 2.49. The third kappa shape index (κ3) is 3.54. The lowest BCUT2D eigenvalue weighted by Gasteiger charge is -1.97. The van der Waals surface area contributed by atoms with Crippen molar-refractivity contribution in [2.24, 2.45) is 0 Å². The molecule has 1 nitrogen and oxygen atoms in total. The molecule has 5 heteroatoms. The van der Waals surface area contributed by atoms with Gasteiger partial charge in [0.2, 0.25) is 0 Å². The van der Waals surface area contributed by atoms with Gasteiger partial charge in [-0.1, -0.05) is 46.3 Å². The first kappa shape index (κ1) is 15.6. The maximum Gasteiger partial charge on any atom is 0.130 e. The molecule has 0 bridgehead atoms. The van der Waals surface area contributed by atoms with Gasteiger partial charge in [0.1, 0.15) is 10.8 Å². The molecule has 1 aromatic heterocycles. The van der Waals surface area contributed by atoms with Crippen molar-refractivity contribution >= 4 is 55.3 Å².